The molecule has 1 saturated heterocycles. The highest BCUT2D eigenvalue weighted by atomic mass is 32.1. The maximum atomic E-state index is 12.0. The third-order valence-electron chi connectivity index (χ3n) is 2.91. The van der Waals surface area contributed by atoms with Crippen LogP contribution in [0.4, 0.5) is 0 Å². The molecule has 1 aliphatic rings. The lowest BCUT2D eigenvalue weighted by Gasteiger charge is -2.23. The smallest absolute Gasteiger partial charge is 0.275 e. The van der Waals surface area contributed by atoms with Crippen molar-refractivity contribution in [3.8, 4) is 0 Å². The van der Waals surface area contributed by atoms with Crippen LogP contribution in [0.25, 0.3) is 0 Å². The second kappa shape index (κ2) is 5.36. The molecule has 0 aliphatic carbocycles. The molecule has 6 heteroatoms. The number of aromatic nitrogens is 2. The van der Waals surface area contributed by atoms with Crippen LogP contribution in [0.3, 0.4) is 0 Å². The summed E-state index contributed by atoms with van der Waals surface area (Å²) < 4.78 is 7.81. The van der Waals surface area contributed by atoms with Crippen LogP contribution in [0.5, 0.6) is 0 Å². The molecule has 1 atom stereocenters. The number of hydrogen-bond donors (Lipinski definition) is 1. The van der Waals surface area contributed by atoms with Crippen molar-refractivity contribution < 1.29 is 9.90 Å². The van der Waals surface area contributed by atoms with Crippen molar-refractivity contribution in [2.24, 2.45) is 0 Å². The summed E-state index contributed by atoms with van der Waals surface area (Å²) in [5.74, 6) is -0.0193. The third kappa shape index (κ3) is 2.38. The Kier molecular flexibility index (Phi) is 3.84. The van der Waals surface area contributed by atoms with Crippen molar-refractivity contribution in [2.45, 2.75) is 31.7 Å². The Labute approximate surface area is 98.4 Å². The summed E-state index contributed by atoms with van der Waals surface area (Å²) in [6.45, 7) is 0.989. The number of carbonyl (C=O) groups excluding carboxylic acids is 1. The molecule has 2 heterocycles. The predicted molar refractivity (Wildman–Crippen MR) is 60.3 cm³/mol. The number of hydrogen-bond acceptors (Lipinski definition) is 5. The molecule has 0 radical (unpaired) electrons. The Hall–Kier alpha value is -1.01. The minimum Gasteiger partial charge on any atom is -0.396 e. The number of rotatable bonds is 4. The van der Waals surface area contributed by atoms with E-state index in [0.717, 1.165) is 44.0 Å². The van der Waals surface area contributed by atoms with Gasteiger partial charge in [-0.2, -0.15) is 8.75 Å². The molecule has 5 nitrogen and oxygen atoms in total. The van der Waals surface area contributed by atoms with E-state index in [0.29, 0.717) is 5.69 Å². The van der Waals surface area contributed by atoms with Gasteiger partial charge in [-0.05, 0) is 25.7 Å². The number of nitrogens with zero attached hydrogens (tertiary/aromatic N) is 3. The molecule has 16 heavy (non-hydrogen) atoms. The lowest BCUT2D eigenvalue weighted by atomic mass is 10.1. The van der Waals surface area contributed by atoms with Crippen molar-refractivity contribution in [2.75, 3.05) is 13.2 Å². The normalized spacial score (nSPS) is 20.3. The molecule has 0 aromatic carbocycles. The van der Waals surface area contributed by atoms with E-state index in [1.807, 2.05) is 4.90 Å². The van der Waals surface area contributed by atoms with E-state index in [9.17, 15) is 4.79 Å². The maximum Gasteiger partial charge on any atom is 0.275 e. The largest absolute Gasteiger partial charge is 0.396 e. The summed E-state index contributed by atoms with van der Waals surface area (Å²) in [7, 11) is 0. The first-order valence-electron chi connectivity index (χ1n) is 5.52. The molecule has 0 bridgehead atoms. The average Bonchev–Trinajstić information content (AvgIpc) is 2.96. The summed E-state index contributed by atoms with van der Waals surface area (Å²) in [4.78, 5) is 13.9. The van der Waals surface area contributed by atoms with Gasteiger partial charge in [0.25, 0.3) is 5.91 Å². The summed E-state index contributed by atoms with van der Waals surface area (Å²) in [6, 6.07) is 0.265. The van der Waals surface area contributed by atoms with Crippen molar-refractivity contribution in [1.29, 1.82) is 0 Å². The number of aliphatic hydroxyl groups excluding tert-OH is 1. The second-order valence-corrected chi connectivity index (χ2v) is 4.51. The highest BCUT2D eigenvalue weighted by Gasteiger charge is 2.29. The summed E-state index contributed by atoms with van der Waals surface area (Å²) in [5.41, 5.74) is 0.445. The average molecular weight is 241 g/mol. The molecule has 2 rings (SSSR count). The Balaban J connectivity index is 1.99. The van der Waals surface area contributed by atoms with Gasteiger partial charge in [-0.1, -0.05) is 0 Å². The molecule has 1 unspecified atom stereocenters. The Morgan fingerprint density at radius 1 is 1.69 bits per heavy atom. The zero-order valence-electron chi connectivity index (χ0n) is 9.00. The van der Waals surface area contributed by atoms with Crippen molar-refractivity contribution in [1.82, 2.24) is 13.6 Å². The molecule has 88 valence electrons. The second-order valence-electron chi connectivity index (χ2n) is 3.95. The molecule has 1 N–H and O–H groups in total. The van der Waals surface area contributed by atoms with Crippen LogP contribution < -0.4 is 0 Å². The fourth-order valence-corrected chi connectivity index (χ4v) is 2.54. The van der Waals surface area contributed by atoms with Crippen molar-refractivity contribution in [3.63, 3.8) is 0 Å². The van der Waals surface area contributed by atoms with Gasteiger partial charge in [0.2, 0.25) is 0 Å². The fraction of sp³-hybridized carbons (Fsp3) is 0.700. The molecule has 1 aliphatic heterocycles. The van der Waals surface area contributed by atoms with Crippen LogP contribution in [0.2, 0.25) is 0 Å². The van der Waals surface area contributed by atoms with Gasteiger partial charge in [0.05, 0.1) is 17.9 Å². The number of carbonyl (C=O) groups is 1. The standard InChI is InChI=1S/C10H15N3O2S/c14-6-2-4-8-3-1-5-13(8)10(15)9-7-11-16-12-9/h7-8,14H,1-6H2. The quantitative estimate of drug-likeness (QED) is 0.851. The zero-order chi connectivity index (χ0) is 11.4. The first-order valence-corrected chi connectivity index (χ1v) is 6.25. The van der Waals surface area contributed by atoms with Crippen LogP contribution in [-0.4, -0.2) is 43.9 Å². The topological polar surface area (TPSA) is 66.3 Å². The molecular formula is C10H15N3O2S. The van der Waals surface area contributed by atoms with E-state index in [1.165, 1.54) is 6.20 Å². The van der Waals surface area contributed by atoms with E-state index in [2.05, 4.69) is 8.75 Å². The van der Waals surface area contributed by atoms with E-state index in [4.69, 9.17) is 5.11 Å². The SMILES string of the molecule is O=C(c1cnsn1)N1CCCC1CCCO. The maximum absolute atomic E-state index is 12.0. The third-order valence-corrected chi connectivity index (χ3v) is 3.39. The monoisotopic (exact) mass is 241 g/mol. The first kappa shape index (κ1) is 11.5. The number of amides is 1. The van der Waals surface area contributed by atoms with Crippen LogP contribution in [-0.2, 0) is 0 Å². The Bertz CT molecular complexity index is 342. The fourth-order valence-electron chi connectivity index (χ4n) is 2.14. The summed E-state index contributed by atoms with van der Waals surface area (Å²) in [5, 5.41) is 8.81. The Morgan fingerprint density at radius 3 is 3.25 bits per heavy atom. The molecule has 0 saturated carbocycles. The lowest BCUT2D eigenvalue weighted by Crippen LogP contribution is -2.35. The van der Waals surface area contributed by atoms with Crippen molar-refractivity contribution in [3.05, 3.63) is 11.9 Å². The van der Waals surface area contributed by atoms with Gasteiger partial charge >= 0.3 is 0 Å². The Morgan fingerprint density at radius 2 is 2.56 bits per heavy atom. The van der Waals surface area contributed by atoms with Crippen LogP contribution >= 0.6 is 11.7 Å². The highest BCUT2D eigenvalue weighted by Crippen LogP contribution is 2.23. The van der Waals surface area contributed by atoms with Crippen molar-refractivity contribution >= 4 is 17.6 Å². The van der Waals surface area contributed by atoms with Crippen LogP contribution in [0.1, 0.15) is 36.2 Å². The highest BCUT2D eigenvalue weighted by molar-refractivity contribution is 6.99. The van der Waals surface area contributed by atoms with Gasteiger partial charge in [-0.25, -0.2) is 0 Å². The van der Waals surface area contributed by atoms with E-state index < -0.39 is 0 Å². The number of likely N-dealkylation sites (tertiary alicyclic amines) is 1. The first-order chi connectivity index (χ1) is 7.83. The van der Waals surface area contributed by atoms with Gasteiger partial charge in [0, 0.05) is 19.2 Å². The molecule has 1 aromatic rings. The zero-order valence-corrected chi connectivity index (χ0v) is 9.82. The molecule has 0 spiro atoms. The molecular weight excluding hydrogens is 226 g/mol. The molecule has 1 fully saturated rings. The summed E-state index contributed by atoms with van der Waals surface area (Å²) in [6.07, 6.45) is 5.22. The lowest BCUT2D eigenvalue weighted by molar-refractivity contribution is 0.0719. The predicted octanol–water partition coefficient (Wildman–Crippen LogP) is 0.915. The van der Waals surface area contributed by atoms with Gasteiger partial charge in [-0.3, -0.25) is 4.79 Å². The van der Waals surface area contributed by atoms with Crippen LogP contribution in [0.15, 0.2) is 6.20 Å². The van der Waals surface area contributed by atoms with Gasteiger partial charge in [0.1, 0.15) is 0 Å². The van der Waals surface area contributed by atoms with Gasteiger partial charge in [0.15, 0.2) is 5.69 Å². The number of aliphatic hydroxyl groups is 1. The minimum atomic E-state index is -0.0193. The summed E-state index contributed by atoms with van der Waals surface area (Å²) >= 11 is 1.06. The van der Waals surface area contributed by atoms with Crippen LogP contribution in [0, 0.1) is 0 Å². The molecule has 1 aromatic heterocycles. The van der Waals surface area contributed by atoms with Gasteiger partial charge in [-0.15, -0.1) is 0 Å². The van der Waals surface area contributed by atoms with Gasteiger partial charge < -0.3 is 10.0 Å². The van der Waals surface area contributed by atoms with E-state index in [1.54, 1.807) is 0 Å². The molecule has 1 amide bonds. The minimum absolute atomic E-state index is 0.0193. The van der Waals surface area contributed by atoms with E-state index >= 15 is 0 Å². The van der Waals surface area contributed by atoms with E-state index in [-0.39, 0.29) is 18.6 Å².